The van der Waals surface area contributed by atoms with Crippen LogP contribution in [0.5, 0.6) is 0 Å². The average molecular weight is 433 g/mol. The zero-order chi connectivity index (χ0) is 22.7. The molecular formula is C24H18F3N5. The van der Waals surface area contributed by atoms with E-state index in [-0.39, 0.29) is 16.7 Å². The highest BCUT2D eigenvalue weighted by molar-refractivity contribution is 6.00. The van der Waals surface area contributed by atoms with Crippen LogP contribution in [0.1, 0.15) is 18.2 Å². The topological polar surface area (TPSA) is 66.9 Å². The molecule has 0 saturated carbocycles. The molecule has 2 aromatic heterocycles. The average Bonchev–Trinajstić information content (AvgIpc) is 2.77. The molecule has 0 aliphatic carbocycles. The van der Waals surface area contributed by atoms with E-state index in [1.165, 1.54) is 12.1 Å². The molecule has 0 radical (unpaired) electrons. The maximum atomic E-state index is 14.0. The lowest BCUT2D eigenvalue weighted by Gasteiger charge is -2.09. The first kappa shape index (κ1) is 21.2. The fraction of sp³-hybridized carbons (Fsp3) is 0.0833. The van der Waals surface area contributed by atoms with Crippen LogP contribution < -0.4 is 5.36 Å². The standard InChI is InChI=1S/C24H18F3N5/c1-15(18-4-2-3-5-20(18)26)29-24-14-32(11-10-22(24)28)13-17-7-9-23(31-30-17)19-8-6-16(25)12-21(19)27/h2-12,14,28H,13H2,1H3. The van der Waals surface area contributed by atoms with Gasteiger partial charge in [0.15, 0.2) is 0 Å². The lowest BCUT2D eigenvalue weighted by Crippen LogP contribution is -2.09. The van der Waals surface area contributed by atoms with E-state index in [0.717, 1.165) is 12.1 Å². The minimum absolute atomic E-state index is 0.164. The van der Waals surface area contributed by atoms with Crippen molar-refractivity contribution in [1.82, 2.24) is 14.8 Å². The first-order chi connectivity index (χ1) is 15.4. The molecule has 4 aromatic rings. The van der Waals surface area contributed by atoms with Crippen molar-refractivity contribution < 1.29 is 13.2 Å². The van der Waals surface area contributed by atoms with Gasteiger partial charge in [0, 0.05) is 35.3 Å². The van der Waals surface area contributed by atoms with E-state index in [0.29, 0.717) is 34.9 Å². The second-order valence-corrected chi connectivity index (χ2v) is 7.13. The predicted octanol–water partition coefficient (Wildman–Crippen LogP) is 5.03. The first-order valence-corrected chi connectivity index (χ1v) is 9.73. The van der Waals surface area contributed by atoms with Gasteiger partial charge >= 0.3 is 0 Å². The Bertz CT molecular complexity index is 1360. The molecule has 160 valence electrons. The summed E-state index contributed by atoms with van der Waals surface area (Å²) in [4.78, 5) is 4.42. The van der Waals surface area contributed by atoms with Gasteiger partial charge in [0.05, 0.1) is 23.3 Å². The Morgan fingerprint density at radius 1 is 0.969 bits per heavy atom. The summed E-state index contributed by atoms with van der Waals surface area (Å²) in [7, 11) is 0. The summed E-state index contributed by atoms with van der Waals surface area (Å²) >= 11 is 0. The largest absolute Gasteiger partial charge is 0.346 e. The number of aliphatic imine (C=N–C) groups is 1. The molecule has 0 atom stereocenters. The molecule has 0 fully saturated rings. The predicted molar refractivity (Wildman–Crippen MR) is 115 cm³/mol. The van der Waals surface area contributed by atoms with E-state index in [1.54, 1.807) is 60.3 Å². The SMILES string of the molecule is CC(=Nc1cn(Cc2ccc(-c3ccc(F)cc3F)nn2)ccc1=N)c1ccccc1F. The van der Waals surface area contributed by atoms with Gasteiger partial charge < -0.3 is 4.57 Å². The molecule has 32 heavy (non-hydrogen) atoms. The third-order valence-electron chi connectivity index (χ3n) is 4.82. The fourth-order valence-electron chi connectivity index (χ4n) is 3.18. The number of pyridine rings is 1. The normalized spacial score (nSPS) is 11.6. The van der Waals surface area contributed by atoms with Crippen LogP contribution in [0.2, 0.25) is 0 Å². The third-order valence-corrected chi connectivity index (χ3v) is 4.82. The fourth-order valence-corrected chi connectivity index (χ4v) is 3.18. The van der Waals surface area contributed by atoms with Crippen LogP contribution in [-0.4, -0.2) is 20.5 Å². The number of halogens is 3. The molecule has 0 unspecified atom stereocenters. The monoisotopic (exact) mass is 433 g/mol. The zero-order valence-corrected chi connectivity index (χ0v) is 17.1. The van der Waals surface area contributed by atoms with Gasteiger partial charge in [-0.15, -0.1) is 0 Å². The van der Waals surface area contributed by atoms with Crippen molar-refractivity contribution in [2.75, 3.05) is 0 Å². The Labute approximate surface area is 182 Å². The van der Waals surface area contributed by atoms with Crippen molar-refractivity contribution in [3.05, 3.63) is 107 Å². The first-order valence-electron chi connectivity index (χ1n) is 9.73. The van der Waals surface area contributed by atoms with Crippen molar-refractivity contribution in [2.24, 2.45) is 4.99 Å². The van der Waals surface area contributed by atoms with Gasteiger partial charge in [-0.1, -0.05) is 18.2 Å². The molecule has 8 heteroatoms. The van der Waals surface area contributed by atoms with Crippen LogP contribution in [0.4, 0.5) is 18.9 Å². The lowest BCUT2D eigenvalue weighted by molar-refractivity contribution is 0.585. The Morgan fingerprint density at radius 2 is 1.78 bits per heavy atom. The van der Waals surface area contributed by atoms with E-state index in [9.17, 15) is 13.2 Å². The Morgan fingerprint density at radius 3 is 2.50 bits per heavy atom. The zero-order valence-electron chi connectivity index (χ0n) is 17.1. The van der Waals surface area contributed by atoms with Crippen molar-refractivity contribution >= 4 is 11.4 Å². The van der Waals surface area contributed by atoms with Crippen LogP contribution in [0, 0.1) is 22.9 Å². The molecule has 2 heterocycles. The molecule has 2 aromatic carbocycles. The van der Waals surface area contributed by atoms with E-state index < -0.39 is 11.6 Å². The molecule has 0 saturated heterocycles. The minimum atomic E-state index is -0.708. The number of benzene rings is 2. The van der Waals surface area contributed by atoms with Gasteiger partial charge in [-0.05, 0) is 43.3 Å². The van der Waals surface area contributed by atoms with E-state index in [4.69, 9.17) is 5.41 Å². The highest BCUT2D eigenvalue weighted by Gasteiger charge is 2.09. The summed E-state index contributed by atoms with van der Waals surface area (Å²) in [6.45, 7) is 2.02. The molecule has 0 aliphatic heterocycles. The molecular weight excluding hydrogens is 415 g/mol. The molecule has 5 nitrogen and oxygen atoms in total. The summed E-state index contributed by atoms with van der Waals surface area (Å²) in [5.74, 6) is -1.74. The second kappa shape index (κ2) is 8.97. The molecule has 1 N–H and O–H groups in total. The quantitative estimate of drug-likeness (QED) is 0.449. The summed E-state index contributed by atoms with van der Waals surface area (Å²) in [6, 6.07) is 14.5. The van der Waals surface area contributed by atoms with E-state index >= 15 is 0 Å². The van der Waals surface area contributed by atoms with Gasteiger partial charge in [-0.3, -0.25) is 5.41 Å². The highest BCUT2D eigenvalue weighted by Crippen LogP contribution is 2.21. The van der Waals surface area contributed by atoms with Gasteiger partial charge in [-0.25, -0.2) is 18.2 Å². The summed E-state index contributed by atoms with van der Waals surface area (Å²) in [6.07, 6.45) is 3.37. The van der Waals surface area contributed by atoms with E-state index in [2.05, 4.69) is 15.2 Å². The van der Waals surface area contributed by atoms with Crippen LogP contribution in [0.15, 0.2) is 78.0 Å². The number of rotatable bonds is 5. The van der Waals surface area contributed by atoms with Crippen LogP contribution in [-0.2, 0) is 6.54 Å². The van der Waals surface area contributed by atoms with Gasteiger partial charge in [0.25, 0.3) is 0 Å². The van der Waals surface area contributed by atoms with Crippen molar-refractivity contribution in [3.8, 4) is 11.3 Å². The highest BCUT2D eigenvalue weighted by atomic mass is 19.1. The molecule has 0 aliphatic rings. The van der Waals surface area contributed by atoms with Gasteiger partial charge in [0.2, 0.25) is 0 Å². The van der Waals surface area contributed by atoms with Crippen LogP contribution in [0.3, 0.4) is 0 Å². The van der Waals surface area contributed by atoms with Crippen molar-refractivity contribution in [3.63, 3.8) is 0 Å². The molecule has 0 amide bonds. The van der Waals surface area contributed by atoms with Gasteiger partial charge in [0.1, 0.15) is 23.1 Å². The van der Waals surface area contributed by atoms with E-state index in [1.807, 2.05) is 0 Å². The summed E-state index contributed by atoms with van der Waals surface area (Å²) < 4.78 is 42.8. The maximum absolute atomic E-state index is 14.0. The van der Waals surface area contributed by atoms with Crippen molar-refractivity contribution in [2.45, 2.75) is 13.5 Å². The van der Waals surface area contributed by atoms with Crippen LogP contribution in [0.25, 0.3) is 11.3 Å². The summed E-state index contributed by atoms with van der Waals surface area (Å²) in [5.41, 5.74) is 2.27. The second-order valence-electron chi connectivity index (χ2n) is 7.13. The number of hydrogen-bond donors (Lipinski definition) is 1. The molecule has 0 bridgehead atoms. The Kier molecular flexibility index (Phi) is 5.93. The van der Waals surface area contributed by atoms with Crippen molar-refractivity contribution in [1.29, 1.82) is 5.41 Å². The number of nitrogens with one attached hydrogen (secondary N) is 1. The number of hydrogen-bond acceptors (Lipinski definition) is 4. The maximum Gasteiger partial charge on any atom is 0.135 e. The molecule has 0 spiro atoms. The number of nitrogens with zero attached hydrogens (tertiary/aromatic N) is 4. The van der Waals surface area contributed by atoms with Crippen LogP contribution >= 0.6 is 0 Å². The minimum Gasteiger partial charge on any atom is -0.346 e. The van der Waals surface area contributed by atoms with Gasteiger partial charge in [-0.2, -0.15) is 10.2 Å². The third kappa shape index (κ3) is 4.64. The number of aromatic nitrogens is 3. The smallest absolute Gasteiger partial charge is 0.135 e. The Balaban J connectivity index is 1.57. The summed E-state index contributed by atoms with van der Waals surface area (Å²) in [5, 5.41) is 16.5. The Hall–Kier alpha value is -4.07. The lowest BCUT2D eigenvalue weighted by atomic mass is 10.1. The molecule has 4 rings (SSSR count).